The van der Waals surface area contributed by atoms with Gasteiger partial charge in [-0.2, -0.15) is 0 Å². The van der Waals surface area contributed by atoms with Crippen LogP contribution < -0.4 is 0 Å². The molecular weight excluding hydrogens is 384 g/mol. The highest BCUT2D eigenvalue weighted by Crippen LogP contribution is 2.51. The van der Waals surface area contributed by atoms with Crippen molar-refractivity contribution in [3.8, 4) is 0 Å². The van der Waals surface area contributed by atoms with Gasteiger partial charge in [0.05, 0.1) is 5.60 Å². The topological polar surface area (TPSA) is 56.3 Å². The Balaban J connectivity index is 1.36. The first-order valence-electron chi connectivity index (χ1n) is 11.7. The number of amides is 1. The van der Waals surface area contributed by atoms with Crippen molar-refractivity contribution in [3.05, 3.63) is 71.4 Å². The maximum Gasteiger partial charge on any atom is 0.224 e. The number of carbonyl (C=O) groups excluding carboxylic acids is 1. The van der Waals surface area contributed by atoms with E-state index in [0.717, 1.165) is 37.6 Å². The van der Waals surface area contributed by atoms with Crippen LogP contribution in [0.2, 0.25) is 0 Å². The summed E-state index contributed by atoms with van der Waals surface area (Å²) >= 11 is 0. The van der Waals surface area contributed by atoms with Gasteiger partial charge in [-0.25, -0.2) is 0 Å². The Morgan fingerprint density at radius 2 is 1.84 bits per heavy atom. The van der Waals surface area contributed by atoms with Crippen LogP contribution in [0.4, 0.5) is 0 Å². The van der Waals surface area contributed by atoms with E-state index in [0.29, 0.717) is 12.3 Å². The van der Waals surface area contributed by atoms with Crippen molar-refractivity contribution in [2.45, 2.75) is 69.1 Å². The van der Waals surface area contributed by atoms with Crippen LogP contribution in [-0.4, -0.2) is 38.6 Å². The molecule has 3 heterocycles. The van der Waals surface area contributed by atoms with Crippen molar-refractivity contribution in [2.75, 3.05) is 0 Å². The Bertz CT molecular complexity index is 1120. The fourth-order valence-electron chi connectivity index (χ4n) is 7.04. The average molecular weight is 415 g/mol. The number of aromatic amines is 1. The number of rotatable bonds is 4. The number of aromatic nitrogens is 1. The number of fused-ring (bicyclic) bond motifs is 1. The molecule has 0 spiro atoms. The van der Waals surface area contributed by atoms with Crippen LogP contribution in [0.1, 0.15) is 61.1 Å². The third-order valence-electron chi connectivity index (χ3n) is 8.09. The van der Waals surface area contributed by atoms with Gasteiger partial charge < -0.3 is 15.0 Å². The summed E-state index contributed by atoms with van der Waals surface area (Å²) in [6.07, 6.45) is 7.14. The first-order chi connectivity index (χ1) is 15.0. The number of carbonyl (C=O) groups is 1. The van der Waals surface area contributed by atoms with Gasteiger partial charge in [-0.3, -0.25) is 4.79 Å². The number of nitrogens with zero attached hydrogens (tertiary/aromatic N) is 1. The number of hydrogen-bond donors (Lipinski definition) is 2. The molecular formula is C27H30N2O2. The SMILES string of the molecule is Cc1cccc2[nH]cc(C(CC(=O)N3C4CC5CC3CC(O)(C5)C4)c3ccccc3)c12. The van der Waals surface area contributed by atoms with Gasteiger partial charge in [0.2, 0.25) is 5.91 Å². The van der Waals surface area contributed by atoms with Gasteiger partial charge >= 0.3 is 0 Å². The summed E-state index contributed by atoms with van der Waals surface area (Å²) in [5.74, 6) is 0.853. The summed E-state index contributed by atoms with van der Waals surface area (Å²) in [7, 11) is 0. The second kappa shape index (κ2) is 6.96. The first kappa shape index (κ1) is 19.1. The zero-order valence-electron chi connectivity index (χ0n) is 18.1. The molecule has 4 heteroatoms. The van der Waals surface area contributed by atoms with Gasteiger partial charge in [0.1, 0.15) is 0 Å². The summed E-state index contributed by atoms with van der Waals surface area (Å²) in [6.45, 7) is 2.14. The van der Waals surface area contributed by atoms with Gasteiger partial charge in [-0.15, -0.1) is 0 Å². The number of aryl methyl sites for hydroxylation is 1. The number of piperidine rings is 2. The van der Waals surface area contributed by atoms with Gasteiger partial charge in [0, 0.05) is 41.5 Å². The highest BCUT2D eigenvalue weighted by molar-refractivity contribution is 5.88. The van der Waals surface area contributed by atoms with Gasteiger partial charge in [-0.1, -0.05) is 42.5 Å². The zero-order valence-corrected chi connectivity index (χ0v) is 18.1. The summed E-state index contributed by atoms with van der Waals surface area (Å²) in [6, 6.07) is 17.2. The molecule has 4 fully saturated rings. The van der Waals surface area contributed by atoms with E-state index in [2.05, 4.69) is 65.5 Å². The van der Waals surface area contributed by atoms with E-state index in [-0.39, 0.29) is 23.9 Å². The minimum atomic E-state index is -0.528. The Morgan fingerprint density at radius 3 is 2.55 bits per heavy atom. The van der Waals surface area contributed by atoms with E-state index in [1.165, 1.54) is 22.1 Å². The molecule has 2 aliphatic carbocycles. The van der Waals surface area contributed by atoms with E-state index in [9.17, 15) is 9.90 Å². The Kier molecular flexibility index (Phi) is 4.29. The molecule has 2 saturated carbocycles. The smallest absolute Gasteiger partial charge is 0.224 e. The molecule has 3 aromatic rings. The highest BCUT2D eigenvalue weighted by atomic mass is 16.3. The van der Waals surface area contributed by atoms with E-state index >= 15 is 0 Å². The maximum absolute atomic E-state index is 13.8. The second-order valence-corrected chi connectivity index (χ2v) is 10.2. The van der Waals surface area contributed by atoms with E-state index in [1.54, 1.807) is 0 Å². The number of hydrogen-bond acceptors (Lipinski definition) is 2. The van der Waals surface area contributed by atoms with Crippen molar-refractivity contribution >= 4 is 16.8 Å². The lowest BCUT2D eigenvalue weighted by Gasteiger charge is -2.59. The molecule has 3 atom stereocenters. The quantitative estimate of drug-likeness (QED) is 0.638. The molecule has 2 N–H and O–H groups in total. The molecule has 31 heavy (non-hydrogen) atoms. The predicted molar refractivity (Wildman–Crippen MR) is 122 cm³/mol. The Morgan fingerprint density at radius 1 is 1.10 bits per heavy atom. The number of aliphatic hydroxyl groups is 1. The van der Waals surface area contributed by atoms with Crippen molar-refractivity contribution in [1.82, 2.24) is 9.88 Å². The summed E-state index contributed by atoms with van der Waals surface area (Å²) in [5.41, 5.74) is 4.22. The largest absolute Gasteiger partial charge is 0.390 e. The number of nitrogens with one attached hydrogen (secondary N) is 1. The zero-order chi connectivity index (χ0) is 21.2. The minimum Gasteiger partial charge on any atom is -0.390 e. The molecule has 2 aromatic carbocycles. The molecule has 3 unspecified atom stereocenters. The first-order valence-corrected chi connectivity index (χ1v) is 11.7. The summed E-state index contributed by atoms with van der Waals surface area (Å²) in [5, 5.41) is 12.2. The number of H-pyrrole nitrogens is 1. The highest BCUT2D eigenvalue weighted by Gasteiger charge is 2.55. The third-order valence-corrected chi connectivity index (χ3v) is 8.09. The van der Waals surface area contributed by atoms with Crippen LogP contribution >= 0.6 is 0 Å². The number of benzene rings is 2. The lowest BCUT2D eigenvalue weighted by Crippen LogP contribution is -2.65. The maximum atomic E-state index is 13.8. The molecule has 4 aliphatic rings. The lowest BCUT2D eigenvalue weighted by molar-refractivity contribution is -0.174. The molecule has 2 aliphatic heterocycles. The predicted octanol–water partition coefficient (Wildman–Crippen LogP) is 4.90. The van der Waals surface area contributed by atoms with Crippen LogP contribution in [0.3, 0.4) is 0 Å². The molecule has 2 saturated heterocycles. The van der Waals surface area contributed by atoms with Crippen LogP contribution in [-0.2, 0) is 4.79 Å². The van der Waals surface area contributed by atoms with E-state index in [4.69, 9.17) is 0 Å². The van der Waals surface area contributed by atoms with E-state index in [1.807, 2.05) is 6.07 Å². The lowest BCUT2D eigenvalue weighted by atomic mass is 9.61. The van der Waals surface area contributed by atoms with Crippen molar-refractivity contribution in [1.29, 1.82) is 0 Å². The minimum absolute atomic E-state index is 0.0174. The van der Waals surface area contributed by atoms with Crippen LogP contribution in [0.25, 0.3) is 10.9 Å². The summed E-state index contributed by atoms with van der Waals surface area (Å²) < 4.78 is 0. The fourth-order valence-corrected chi connectivity index (χ4v) is 7.04. The van der Waals surface area contributed by atoms with Gasteiger partial charge in [0.25, 0.3) is 0 Å². The monoisotopic (exact) mass is 414 g/mol. The normalized spacial score (nSPS) is 30.1. The fraction of sp³-hybridized carbons (Fsp3) is 0.444. The van der Waals surface area contributed by atoms with Crippen LogP contribution in [0.15, 0.2) is 54.7 Å². The Labute approximate surface area is 183 Å². The molecule has 0 radical (unpaired) electrons. The van der Waals surface area contributed by atoms with Gasteiger partial charge in [0.15, 0.2) is 0 Å². The Hall–Kier alpha value is -2.59. The van der Waals surface area contributed by atoms with Gasteiger partial charge in [-0.05, 0) is 67.7 Å². The van der Waals surface area contributed by atoms with E-state index < -0.39 is 5.60 Å². The van der Waals surface area contributed by atoms with Crippen molar-refractivity contribution < 1.29 is 9.90 Å². The molecule has 1 aromatic heterocycles. The van der Waals surface area contributed by atoms with Crippen molar-refractivity contribution in [3.63, 3.8) is 0 Å². The second-order valence-electron chi connectivity index (χ2n) is 10.2. The third kappa shape index (κ3) is 3.11. The van der Waals surface area contributed by atoms with Crippen LogP contribution in [0.5, 0.6) is 0 Å². The van der Waals surface area contributed by atoms with Crippen molar-refractivity contribution in [2.24, 2.45) is 5.92 Å². The summed E-state index contributed by atoms with van der Waals surface area (Å²) in [4.78, 5) is 19.4. The van der Waals surface area contributed by atoms with Crippen LogP contribution in [0, 0.1) is 12.8 Å². The molecule has 160 valence electrons. The molecule has 1 amide bonds. The molecule has 7 rings (SSSR count). The standard InChI is InChI=1S/C27H30N2O2/c1-17-6-5-9-24-26(17)23(16-28-24)22(19-7-3-2-4-8-19)12-25(30)29-20-10-18-11-21(29)15-27(31,13-18)14-20/h2-9,16,18,20-22,28,31H,10-15H2,1H3. The average Bonchev–Trinajstić information content (AvgIpc) is 3.16. The molecule has 4 nitrogen and oxygen atoms in total. The molecule has 4 bridgehead atoms.